The second kappa shape index (κ2) is 5.98. The zero-order chi connectivity index (χ0) is 16.0. The molecule has 0 amide bonds. The van der Waals surface area contributed by atoms with E-state index in [1.165, 1.54) is 12.8 Å². The molecule has 0 bridgehead atoms. The first-order valence-corrected chi connectivity index (χ1v) is 8.99. The Bertz CT molecular complexity index is 635. The molecule has 124 valence electrons. The quantitative estimate of drug-likeness (QED) is 0.869. The van der Waals surface area contributed by atoms with Crippen LogP contribution in [-0.4, -0.2) is 34.9 Å². The van der Waals surface area contributed by atoms with E-state index in [2.05, 4.69) is 20.8 Å². The summed E-state index contributed by atoms with van der Waals surface area (Å²) in [6.45, 7) is 0.886. The van der Waals surface area contributed by atoms with Crippen LogP contribution in [0.4, 0.5) is 0 Å². The molecule has 3 atom stereocenters. The van der Waals surface area contributed by atoms with Gasteiger partial charge in [0.2, 0.25) is 6.79 Å². The van der Waals surface area contributed by atoms with Gasteiger partial charge in [0, 0.05) is 12.6 Å². The number of hydrogen-bond acceptors (Lipinski definition) is 4. The number of rotatable bonds is 3. The van der Waals surface area contributed by atoms with Gasteiger partial charge in [-0.1, -0.05) is 12.8 Å². The van der Waals surface area contributed by atoms with Crippen molar-refractivity contribution in [2.75, 3.05) is 6.79 Å². The predicted molar refractivity (Wildman–Crippen MR) is 87.6 cm³/mol. The van der Waals surface area contributed by atoms with Crippen LogP contribution < -0.4 is 9.47 Å². The van der Waals surface area contributed by atoms with Gasteiger partial charge in [-0.15, -0.1) is 0 Å². The van der Waals surface area contributed by atoms with E-state index in [0.717, 1.165) is 40.8 Å². The van der Waals surface area contributed by atoms with Crippen LogP contribution in [0.1, 0.15) is 37.7 Å². The highest BCUT2D eigenvalue weighted by Gasteiger charge is 2.45. The van der Waals surface area contributed by atoms with E-state index >= 15 is 0 Å². The van der Waals surface area contributed by atoms with Crippen LogP contribution in [0, 0.1) is 5.92 Å². The zero-order valence-electron chi connectivity index (χ0n) is 12.8. The number of aliphatic carboxylic acids is 1. The SMILES string of the molecule is O=C(O)C1CC2CCCCC2N1Cc1cc(Br)c2c(c1)OCO2. The lowest BCUT2D eigenvalue weighted by Crippen LogP contribution is -2.41. The Balaban J connectivity index is 1.61. The Morgan fingerprint density at radius 2 is 2.13 bits per heavy atom. The molecule has 6 heteroatoms. The minimum absolute atomic E-state index is 0.240. The molecule has 1 N–H and O–H groups in total. The fraction of sp³-hybridized carbons (Fsp3) is 0.588. The molecule has 3 aliphatic rings. The van der Waals surface area contributed by atoms with E-state index in [9.17, 15) is 9.90 Å². The molecule has 2 fully saturated rings. The fourth-order valence-electron chi connectivity index (χ4n) is 4.35. The van der Waals surface area contributed by atoms with Crippen molar-refractivity contribution in [2.24, 2.45) is 5.92 Å². The van der Waals surface area contributed by atoms with Crippen LogP contribution in [0.3, 0.4) is 0 Å². The highest BCUT2D eigenvalue weighted by molar-refractivity contribution is 9.10. The van der Waals surface area contributed by atoms with Gasteiger partial charge in [-0.2, -0.15) is 0 Å². The van der Waals surface area contributed by atoms with E-state index in [-0.39, 0.29) is 12.8 Å². The number of halogens is 1. The van der Waals surface area contributed by atoms with Crippen LogP contribution in [0.25, 0.3) is 0 Å². The highest BCUT2D eigenvalue weighted by atomic mass is 79.9. The van der Waals surface area contributed by atoms with Crippen molar-refractivity contribution in [2.45, 2.75) is 50.7 Å². The number of carbonyl (C=O) groups is 1. The van der Waals surface area contributed by atoms with Crippen molar-refractivity contribution in [3.63, 3.8) is 0 Å². The molecule has 4 rings (SSSR count). The summed E-state index contributed by atoms with van der Waals surface area (Å²) in [5, 5.41) is 9.62. The smallest absolute Gasteiger partial charge is 0.320 e. The van der Waals surface area contributed by atoms with Crippen molar-refractivity contribution in [1.82, 2.24) is 4.90 Å². The predicted octanol–water partition coefficient (Wildman–Crippen LogP) is 3.40. The molecule has 2 aliphatic heterocycles. The molecule has 1 aromatic carbocycles. The maximum atomic E-state index is 11.7. The molecule has 0 spiro atoms. The van der Waals surface area contributed by atoms with Crippen molar-refractivity contribution < 1.29 is 19.4 Å². The molecule has 23 heavy (non-hydrogen) atoms. The molecule has 3 unspecified atom stereocenters. The maximum Gasteiger partial charge on any atom is 0.320 e. The maximum absolute atomic E-state index is 11.7. The normalized spacial score (nSPS) is 29.5. The number of carboxylic acids is 1. The Labute approximate surface area is 143 Å². The number of fused-ring (bicyclic) bond motifs is 2. The van der Waals surface area contributed by atoms with Crippen LogP contribution in [0.2, 0.25) is 0 Å². The Morgan fingerprint density at radius 1 is 1.30 bits per heavy atom. The molecule has 2 heterocycles. The molecule has 0 aromatic heterocycles. The number of benzene rings is 1. The summed E-state index contributed by atoms with van der Waals surface area (Å²) in [4.78, 5) is 13.9. The van der Waals surface area contributed by atoms with Gasteiger partial charge in [-0.05, 0) is 58.8 Å². The first kappa shape index (κ1) is 15.3. The molecule has 1 saturated carbocycles. The van der Waals surface area contributed by atoms with Crippen LogP contribution in [-0.2, 0) is 11.3 Å². The minimum atomic E-state index is -0.695. The van der Waals surface area contributed by atoms with Crippen molar-refractivity contribution in [1.29, 1.82) is 0 Å². The Morgan fingerprint density at radius 3 is 2.96 bits per heavy atom. The first-order valence-electron chi connectivity index (χ1n) is 8.20. The van der Waals surface area contributed by atoms with Crippen molar-refractivity contribution in [3.05, 3.63) is 22.2 Å². The highest BCUT2D eigenvalue weighted by Crippen LogP contribution is 2.43. The summed E-state index contributed by atoms with van der Waals surface area (Å²) < 4.78 is 11.8. The second-order valence-corrected chi connectivity index (χ2v) is 7.54. The number of nitrogens with zero attached hydrogens (tertiary/aromatic N) is 1. The largest absolute Gasteiger partial charge is 0.480 e. The van der Waals surface area contributed by atoms with Gasteiger partial charge in [0.15, 0.2) is 11.5 Å². The summed E-state index contributed by atoms with van der Waals surface area (Å²) in [7, 11) is 0. The summed E-state index contributed by atoms with van der Waals surface area (Å²) >= 11 is 3.52. The van der Waals surface area contributed by atoms with Gasteiger partial charge >= 0.3 is 5.97 Å². The molecular weight excluding hydrogens is 362 g/mol. The van der Waals surface area contributed by atoms with Crippen LogP contribution in [0.5, 0.6) is 11.5 Å². The van der Waals surface area contributed by atoms with E-state index in [1.807, 2.05) is 12.1 Å². The minimum Gasteiger partial charge on any atom is -0.480 e. The third-order valence-corrected chi connectivity index (χ3v) is 5.95. The third-order valence-electron chi connectivity index (χ3n) is 5.36. The first-order chi connectivity index (χ1) is 11.1. The molecule has 1 saturated heterocycles. The van der Waals surface area contributed by atoms with E-state index in [0.29, 0.717) is 18.5 Å². The summed E-state index contributed by atoms with van der Waals surface area (Å²) in [5.74, 6) is 1.31. The molecular formula is C17H20BrNO4. The summed E-state index contributed by atoms with van der Waals surface area (Å²) in [5.41, 5.74) is 1.07. The van der Waals surface area contributed by atoms with E-state index < -0.39 is 5.97 Å². The second-order valence-electron chi connectivity index (χ2n) is 6.69. The van der Waals surface area contributed by atoms with Gasteiger partial charge in [0.05, 0.1) is 4.47 Å². The number of carboxylic acid groups (broad SMARTS) is 1. The lowest BCUT2D eigenvalue weighted by atomic mass is 9.84. The van der Waals surface area contributed by atoms with Crippen LogP contribution >= 0.6 is 15.9 Å². The Kier molecular flexibility index (Phi) is 3.97. The lowest BCUT2D eigenvalue weighted by Gasteiger charge is -2.33. The fourth-order valence-corrected chi connectivity index (χ4v) is 4.95. The number of hydrogen-bond donors (Lipinski definition) is 1. The van der Waals surface area contributed by atoms with Gasteiger partial charge in [-0.25, -0.2) is 0 Å². The topological polar surface area (TPSA) is 59.0 Å². The molecule has 0 radical (unpaired) electrons. The lowest BCUT2D eigenvalue weighted by molar-refractivity contribution is -0.142. The average Bonchev–Trinajstić information content (AvgIpc) is 3.13. The van der Waals surface area contributed by atoms with Gasteiger partial charge in [0.25, 0.3) is 0 Å². The standard InChI is InChI=1S/C17H20BrNO4/c18-12-5-10(6-15-16(12)23-9-22-15)8-19-13-4-2-1-3-11(13)7-14(19)17(20)21/h5-6,11,13-14H,1-4,7-9H2,(H,20,21). The number of ether oxygens (including phenoxy) is 2. The van der Waals surface area contributed by atoms with Crippen molar-refractivity contribution in [3.8, 4) is 11.5 Å². The van der Waals surface area contributed by atoms with Gasteiger partial charge < -0.3 is 14.6 Å². The van der Waals surface area contributed by atoms with Gasteiger partial charge in [0.1, 0.15) is 6.04 Å². The summed E-state index contributed by atoms with van der Waals surface area (Å²) in [6, 6.07) is 4.02. The Hall–Kier alpha value is -1.27. The van der Waals surface area contributed by atoms with E-state index in [1.54, 1.807) is 0 Å². The third kappa shape index (κ3) is 2.72. The summed E-state index contributed by atoms with van der Waals surface area (Å²) in [6.07, 6.45) is 5.49. The molecule has 5 nitrogen and oxygen atoms in total. The van der Waals surface area contributed by atoms with Gasteiger partial charge in [-0.3, -0.25) is 9.69 Å². The molecule has 1 aromatic rings. The zero-order valence-corrected chi connectivity index (χ0v) is 14.4. The average molecular weight is 382 g/mol. The number of likely N-dealkylation sites (tertiary alicyclic amines) is 1. The van der Waals surface area contributed by atoms with Crippen LogP contribution in [0.15, 0.2) is 16.6 Å². The van der Waals surface area contributed by atoms with Crippen molar-refractivity contribution >= 4 is 21.9 Å². The van der Waals surface area contributed by atoms with E-state index in [4.69, 9.17) is 9.47 Å². The monoisotopic (exact) mass is 381 g/mol. The molecule has 1 aliphatic carbocycles.